The minimum Gasteiger partial charge on any atom is -0.355 e. The van der Waals surface area contributed by atoms with E-state index in [2.05, 4.69) is 190 Å². The third-order valence-corrected chi connectivity index (χ3v) is 10.1. The van der Waals surface area contributed by atoms with Gasteiger partial charge in [-0.05, 0) is 88.9 Å². The predicted molar refractivity (Wildman–Crippen MR) is 214 cm³/mol. The lowest BCUT2D eigenvalue weighted by atomic mass is 9.82. The molecule has 2 heteroatoms. The zero-order valence-electron chi connectivity index (χ0n) is 29.4. The van der Waals surface area contributed by atoms with Gasteiger partial charge < -0.3 is 9.55 Å². The molecule has 0 spiro atoms. The standard InChI is InChI=1S/C34H32N2.C13H14/c1-6-11-29(34(3,4)5)22(2)36-32-15-10-8-13-26(32)28-21-24(17-19-33(28)36)23-16-18-31-27(20-23)25-12-7-9-14-30(25)35-31;1-11-7-5-6-10-13(11)12-8-3-2-4-9-12/h6-22,35H,1H2,2-5H3;2-6,8-11H,7H2,1H3/b29-11+;. The van der Waals surface area contributed by atoms with Gasteiger partial charge in [0.05, 0.1) is 6.04 Å². The van der Waals surface area contributed by atoms with Gasteiger partial charge in [-0.3, -0.25) is 0 Å². The summed E-state index contributed by atoms with van der Waals surface area (Å²) in [4.78, 5) is 3.54. The summed E-state index contributed by atoms with van der Waals surface area (Å²) in [6.07, 6.45) is 11.9. The molecule has 49 heavy (non-hydrogen) atoms. The van der Waals surface area contributed by atoms with Crippen molar-refractivity contribution in [2.75, 3.05) is 0 Å². The first-order valence-corrected chi connectivity index (χ1v) is 17.5. The summed E-state index contributed by atoms with van der Waals surface area (Å²) in [6.45, 7) is 15.4. The van der Waals surface area contributed by atoms with Gasteiger partial charge in [0.1, 0.15) is 0 Å². The lowest BCUT2D eigenvalue weighted by molar-refractivity contribution is 0.437. The zero-order chi connectivity index (χ0) is 34.1. The van der Waals surface area contributed by atoms with Gasteiger partial charge in [0.2, 0.25) is 0 Å². The molecular formula is C47H46N2. The van der Waals surface area contributed by atoms with E-state index in [9.17, 15) is 0 Å². The fraction of sp³-hybridized carbons (Fsp3) is 0.191. The summed E-state index contributed by atoms with van der Waals surface area (Å²) in [5.74, 6) is 0.660. The highest BCUT2D eigenvalue weighted by Crippen LogP contribution is 2.41. The molecule has 0 amide bonds. The molecule has 0 radical (unpaired) electrons. The van der Waals surface area contributed by atoms with E-state index in [1.807, 2.05) is 6.08 Å². The van der Waals surface area contributed by atoms with Crippen molar-refractivity contribution in [1.29, 1.82) is 0 Å². The number of nitrogens with zero attached hydrogens (tertiary/aromatic N) is 1. The van der Waals surface area contributed by atoms with Crippen LogP contribution in [0.25, 0.3) is 60.3 Å². The quantitative estimate of drug-likeness (QED) is 0.181. The van der Waals surface area contributed by atoms with Gasteiger partial charge in [0, 0.05) is 43.6 Å². The van der Waals surface area contributed by atoms with Gasteiger partial charge >= 0.3 is 0 Å². The first-order chi connectivity index (χ1) is 23.7. The Morgan fingerprint density at radius 2 is 1.37 bits per heavy atom. The maximum absolute atomic E-state index is 4.00. The normalized spacial score (nSPS) is 15.7. The molecule has 244 valence electrons. The highest BCUT2D eigenvalue weighted by atomic mass is 15.0. The van der Waals surface area contributed by atoms with Crippen LogP contribution in [0.1, 0.15) is 52.6 Å². The van der Waals surface area contributed by atoms with E-state index in [4.69, 9.17) is 0 Å². The molecule has 0 saturated heterocycles. The SMILES string of the molecule is C=C/C=C(\C(C)n1c2ccccc2c2cc(-c3ccc4[nH]c5ccccc5c4c3)ccc21)C(C)(C)C.CC1CC=CC=C1c1ccccc1. The number of allylic oxidation sites excluding steroid dienone is 7. The number of aromatic amines is 1. The molecule has 2 unspecified atom stereocenters. The molecule has 2 aromatic heterocycles. The van der Waals surface area contributed by atoms with Crippen LogP contribution < -0.4 is 0 Å². The van der Waals surface area contributed by atoms with Crippen molar-refractivity contribution in [2.45, 2.75) is 47.1 Å². The lowest BCUT2D eigenvalue weighted by Gasteiger charge is -2.30. The van der Waals surface area contributed by atoms with Crippen molar-refractivity contribution < 1.29 is 0 Å². The molecule has 1 aliphatic rings. The number of hydrogen-bond donors (Lipinski definition) is 1. The highest BCUT2D eigenvalue weighted by Gasteiger charge is 2.26. The number of benzene rings is 5. The van der Waals surface area contributed by atoms with Crippen LogP contribution in [0, 0.1) is 11.3 Å². The second-order valence-electron chi connectivity index (χ2n) is 14.4. The summed E-state index contributed by atoms with van der Waals surface area (Å²) < 4.78 is 2.50. The Morgan fingerprint density at radius 1 is 0.735 bits per heavy atom. The molecular weight excluding hydrogens is 593 g/mol. The maximum Gasteiger partial charge on any atom is 0.0531 e. The van der Waals surface area contributed by atoms with E-state index in [0.717, 1.165) is 0 Å². The first kappa shape index (κ1) is 32.2. The Balaban J connectivity index is 0.000000244. The fourth-order valence-electron chi connectivity index (χ4n) is 7.67. The summed E-state index contributed by atoms with van der Waals surface area (Å²) in [5.41, 5.74) is 11.6. The smallest absolute Gasteiger partial charge is 0.0531 e. The zero-order valence-corrected chi connectivity index (χ0v) is 29.4. The molecule has 0 fully saturated rings. The topological polar surface area (TPSA) is 20.7 Å². The van der Waals surface area contributed by atoms with E-state index in [1.165, 1.54) is 77.9 Å². The van der Waals surface area contributed by atoms with Gasteiger partial charge in [0.25, 0.3) is 0 Å². The summed E-state index contributed by atoms with van der Waals surface area (Å²) in [5, 5.41) is 5.12. The van der Waals surface area contributed by atoms with Crippen molar-refractivity contribution in [1.82, 2.24) is 9.55 Å². The number of nitrogens with one attached hydrogen (secondary N) is 1. The number of fused-ring (bicyclic) bond motifs is 6. The second kappa shape index (κ2) is 13.3. The Labute approximate surface area is 290 Å². The number of H-pyrrole nitrogens is 1. The molecule has 1 aliphatic carbocycles. The van der Waals surface area contributed by atoms with Crippen molar-refractivity contribution in [3.63, 3.8) is 0 Å². The molecule has 2 atom stereocenters. The van der Waals surface area contributed by atoms with Crippen molar-refractivity contribution in [2.24, 2.45) is 11.3 Å². The van der Waals surface area contributed by atoms with Crippen LogP contribution in [0.15, 0.2) is 158 Å². The van der Waals surface area contributed by atoms with Gasteiger partial charge in [-0.25, -0.2) is 0 Å². The molecule has 1 N–H and O–H groups in total. The number of para-hydroxylation sites is 2. The molecule has 0 aliphatic heterocycles. The summed E-state index contributed by atoms with van der Waals surface area (Å²) >= 11 is 0. The number of rotatable bonds is 5. The monoisotopic (exact) mass is 638 g/mol. The fourth-order valence-corrected chi connectivity index (χ4v) is 7.67. The number of hydrogen-bond acceptors (Lipinski definition) is 0. The van der Waals surface area contributed by atoms with E-state index in [0.29, 0.717) is 5.92 Å². The molecule has 2 heterocycles. The van der Waals surface area contributed by atoms with Crippen LogP contribution >= 0.6 is 0 Å². The van der Waals surface area contributed by atoms with Crippen LogP contribution in [0.5, 0.6) is 0 Å². The molecule has 2 nitrogen and oxygen atoms in total. The third-order valence-electron chi connectivity index (χ3n) is 10.1. The summed E-state index contributed by atoms with van der Waals surface area (Å²) in [6, 6.07) is 41.8. The average molecular weight is 639 g/mol. The van der Waals surface area contributed by atoms with Gasteiger partial charge in [-0.1, -0.05) is 144 Å². The van der Waals surface area contributed by atoms with Crippen molar-refractivity contribution in [3.05, 3.63) is 163 Å². The van der Waals surface area contributed by atoms with Gasteiger partial charge in [0.15, 0.2) is 0 Å². The van der Waals surface area contributed by atoms with Gasteiger partial charge in [-0.15, -0.1) is 0 Å². The Kier molecular flexibility index (Phi) is 8.73. The second-order valence-corrected chi connectivity index (χ2v) is 14.4. The number of aromatic nitrogens is 2. The maximum atomic E-state index is 4.00. The molecule has 8 rings (SSSR count). The first-order valence-electron chi connectivity index (χ1n) is 17.5. The Hall–Kier alpha value is -5.34. The third kappa shape index (κ3) is 6.20. The molecule has 0 saturated carbocycles. The average Bonchev–Trinajstić information content (AvgIpc) is 3.66. The van der Waals surface area contributed by atoms with E-state index < -0.39 is 0 Å². The van der Waals surface area contributed by atoms with Crippen molar-refractivity contribution in [3.8, 4) is 11.1 Å². The van der Waals surface area contributed by atoms with Crippen molar-refractivity contribution >= 4 is 49.2 Å². The van der Waals surface area contributed by atoms with Crippen LogP contribution in [0.3, 0.4) is 0 Å². The largest absolute Gasteiger partial charge is 0.355 e. The van der Waals surface area contributed by atoms with E-state index in [-0.39, 0.29) is 11.5 Å². The lowest BCUT2D eigenvalue weighted by Crippen LogP contribution is -2.19. The van der Waals surface area contributed by atoms with Crippen LogP contribution in [-0.4, -0.2) is 9.55 Å². The van der Waals surface area contributed by atoms with E-state index in [1.54, 1.807) is 0 Å². The molecule has 0 bridgehead atoms. The molecule has 5 aromatic carbocycles. The minimum absolute atomic E-state index is 0.0417. The van der Waals surface area contributed by atoms with Crippen LogP contribution in [0.4, 0.5) is 0 Å². The summed E-state index contributed by atoms with van der Waals surface area (Å²) in [7, 11) is 0. The Bertz CT molecular complexity index is 2380. The highest BCUT2D eigenvalue weighted by molar-refractivity contribution is 6.11. The predicted octanol–water partition coefficient (Wildman–Crippen LogP) is 13.5. The van der Waals surface area contributed by atoms with Crippen LogP contribution in [-0.2, 0) is 0 Å². The minimum atomic E-state index is 0.0417. The van der Waals surface area contributed by atoms with Crippen LogP contribution in [0.2, 0.25) is 0 Å². The molecule has 7 aromatic rings. The van der Waals surface area contributed by atoms with E-state index >= 15 is 0 Å². The Morgan fingerprint density at radius 3 is 2.10 bits per heavy atom. The van der Waals surface area contributed by atoms with Gasteiger partial charge in [-0.2, -0.15) is 0 Å².